The highest BCUT2D eigenvalue weighted by atomic mass is 16.5. The van der Waals surface area contributed by atoms with E-state index in [0.29, 0.717) is 5.95 Å². The Bertz CT molecular complexity index is 903. The first-order valence-corrected chi connectivity index (χ1v) is 8.89. The van der Waals surface area contributed by atoms with Crippen LogP contribution < -0.4 is 15.8 Å². The molecule has 0 bridgehead atoms. The number of ether oxygens (including phenoxy) is 1. The Balaban J connectivity index is 1.72. The molecule has 0 radical (unpaired) electrons. The van der Waals surface area contributed by atoms with Crippen LogP contribution in [-0.2, 0) is 6.42 Å². The van der Waals surface area contributed by atoms with Gasteiger partial charge in [-0.15, -0.1) is 5.10 Å². The molecule has 134 valence electrons. The molecule has 6 nitrogen and oxygen atoms in total. The van der Waals surface area contributed by atoms with E-state index in [4.69, 9.17) is 10.5 Å². The zero-order valence-corrected chi connectivity index (χ0v) is 15.0. The van der Waals surface area contributed by atoms with Crippen molar-refractivity contribution in [3.63, 3.8) is 0 Å². The molecule has 2 heterocycles. The fraction of sp³-hybridized carbons (Fsp3) is 0.300. The monoisotopic (exact) mass is 349 g/mol. The zero-order valence-electron chi connectivity index (χ0n) is 15.0. The van der Waals surface area contributed by atoms with Gasteiger partial charge in [-0.25, -0.2) is 4.68 Å². The number of nitrogen functional groups attached to an aromatic ring is 1. The van der Waals surface area contributed by atoms with Crippen LogP contribution in [0.1, 0.15) is 42.1 Å². The summed E-state index contributed by atoms with van der Waals surface area (Å²) < 4.78 is 7.27. The van der Waals surface area contributed by atoms with Crippen molar-refractivity contribution < 1.29 is 4.74 Å². The van der Waals surface area contributed by atoms with Crippen LogP contribution in [0.15, 0.2) is 48.5 Å². The number of anilines is 2. The molecule has 1 aromatic heterocycles. The Morgan fingerprint density at radius 3 is 2.73 bits per heavy atom. The lowest BCUT2D eigenvalue weighted by atomic mass is 9.92. The number of fused-ring (bicyclic) bond motifs is 1. The van der Waals surface area contributed by atoms with Gasteiger partial charge < -0.3 is 15.8 Å². The highest BCUT2D eigenvalue weighted by Crippen LogP contribution is 2.38. The summed E-state index contributed by atoms with van der Waals surface area (Å²) in [5.41, 5.74) is 9.57. The largest absolute Gasteiger partial charge is 0.497 e. The first kappa shape index (κ1) is 16.4. The van der Waals surface area contributed by atoms with Crippen LogP contribution in [0.2, 0.25) is 0 Å². The van der Waals surface area contributed by atoms with Crippen molar-refractivity contribution in [2.24, 2.45) is 0 Å². The van der Waals surface area contributed by atoms with E-state index < -0.39 is 0 Å². The quantitative estimate of drug-likeness (QED) is 0.753. The lowest BCUT2D eigenvalue weighted by molar-refractivity contribution is 0.410. The van der Waals surface area contributed by atoms with Crippen LogP contribution in [0.4, 0.5) is 11.9 Å². The molecule has 0 amide bonds. The molecule has 3 N–H and O–H groups in total. The lowest BCUT2D eigenvalue weighted by Gasteiger charge is -2.32. The molecule has 6 heteroatoms. The van der Waals surface area contributed by atoms with Gasteiger partial charge >= 0.3 is 0 Å². The Kier molecular flexibility index (Phi) is 4.24. The van der Waals surface area contributed by atoms with Crippen molar-refractivity contribution in [1.82, 2.24) is 14.8 Å². The first-order valence-electron chi connectivity index (χ1n) is 8.89. The summed E-state index contributed by atoms with van der Waals surface area (Å²) in [4.78, 5) is 4.37. The SMILES string of the molecule is CCc1ccc([C@H]2C[C@@H](c3cccc(OC)c3)Nc3nc(N)nn32)cc1. The minimum absolute atomic E-state index is 0.0816. The van der Waals surface area contributed by atoms with E-state index in [2.05, 4.69) is 58.7 Å². The molecule has 0 saturated heterocycles. The molecular formula is C20H23N5O. The van der Waals surface area contributed by atoms with Crippen molar-refractivity contribution in [2.45, 2.75) is 31.8 Å². The molecule has 0 unspecified atom stereocenters. The molecule has 4 rings (SSSR count). The molecule has 1 aliphatic heterocycles. The Morgan fingerprint density at radius 2 is 2.00 bits per heavy atom. The predicted octanol–water partition coefficient (Wildman–Crippen LogP) is 3.58. The third-order valence-corrected chi connectivity index (χ3v) is 4.97. The van der Waals surface area contributed by atoms with E-state index in [1.807, 2.05) is 16.8 Å². The summed E-state index contributed by atoms with van der Waals surface area (Å²) in [6.07, 6.45) is 1.88. The topological polar surface area (TPSA) is 78.0 Å². The fourth-order valence-corrected chi connectivity index (χ4v) is 3.52. The summed E-state index contributed by atoms with van der Waals surface area (Å²) in [5, 5.41) is 7.87. The number of hydrogen-bond donors (Lipinski definition) is 2. The first-order chi connectivity index (χ1) is 12.7. The second kappa shape index (κ2) is 6.71. The second-order valence-corrected chi connectivity index (χ2v) is 6.56. The van der Waals surface area contributed by atoms with E-state index in [0.717, 1.165) is 24.2 Å². The summed E-state index contributed by atoms with van der Waals surface area (Å²) in [7, 11) is 1.68. The van der Waals surface area contributed by atoms with E-state index in [9.17, 15) is 0 Å². The van der Waals surface area contributed by atoms with Gasteiger partial charge in [-0.1, -0.05) is 43.3 Å². The number of aryl methyl sites for hydroxylation is 1. The van der Waals surface area contributed by atoms with Gasteiger partial charge in [-0.05, 0) is 41.7 Å². The standard InChI is InChI=1S/C20H23N5O/c1-3-13-7-9-14(10-8-13)18-12-17(15-5-4-6-16(11-15)26-2)22-20-23-19(21)24-25(18)20/h4-11,17-18H,3,12H2,1-2H3,(H3,21,22,23,24)/t17-,18+/m0/s1. The van der Waals surface area contributed by atoms with Crippen molar-refractivity contribution >= 4 is 11.9 Å². The Morgan fingerprint density at radius 1 is 1.19 bits per heavy atom. The minimum Gasteiger partial charge on any atom is -0.497 e. The number of aromatic nitrogens is 3. The number of hydrogen-bond acceptors (Lipinski definition) is 5. The number of methoxy groups -OCH3 is 1. The molecule has 0 saturated carbocycles. The summed E-state index contributed by atoms with van der Waals surface area (Å²) in [6, 6.07) is 17.0. The number of nitrogens with one attached hydrogen (secondary N) is 1. The number of nitrogens with zero attached hydrogens (tertiary/aromatic N) is 3. The molecule has 0 aliphatic carbocycles. The van der Waals surface area contributed by atoms with Crippen molar-refractivity contribution in [1.29, 1.82) is 0 Å². The van der Waals surface area contributed by atoms with E-state index in [1.54, 1.807) is 7.11 Å². The lowest BCUT2D eigenvalue weighted by Crippen LogP contribution is -2.28. The molecule has 26 heavy (non-hydrogen) atoms. The highest BCUT2D eigenvalue weighted by Gasteiger charge is 2.31. The Labute approximate surface area is 153 Å². The third-order valence-electron chi connectivity index (χ3n) is 4.97. The van der Waals surface area contributed by atoms with Crippen molar-refractivity contribution in [3.8, 4) is 5.75 Å². The number of rotatable bonds is 4. The third kappa shape index (κ3) is 2.98. The summed E-state index contributed by atoms with van der Waals surface area (Å²) in [5.74, 6) is 1.83. The van der Waals surface area contributed by atoms with Crippen LogP contribution in [0.25, 0.3) is 0 Å². The van der Waals surface area contributed by atoms with E-state index in [1.165, 1.54) is 11.1 Å². The molecule has 0 fully saturated rings. The van der Waals surface area contributed by atoms with Gasteiger partial charge in [0.05, 0.1) is 19.2 Å². The maximum atomic E-state index is 5.87. The van der Waals surface area contributed by atoms with E-state index in [-0.39, 0.29) is 18.0 Å². The van der Waals surface area contributed by atoms with Gasteiger partial charge in [0.1, 0.15) is 5.75 Å². The summed E-state index contributed by atoms with van der Waals surface area (Å²) >= 11 is 0. The second-order valence-electron chi connectivity index (χ2n) is 6.56. The maximum Gasteiger partial charge on any atom is 0.241 e. The normalized spacial score (nSPS) is 18.8. The van der Waals surface area contributed by atoms with Crippen LogP contribution >= 0.6 is 0 Å². The van der Waals surface area contributed by atoms with Gasteiger partial charge in [0.2, 0.25) is 11.9 Å². The van der Waals surface area contributed by atoms with Gasteiger partial charge in [-0.3, -0.25) is 0 Å². The van der Waals surface area contributed by atoms with Gasteiger partial charge in [0.15, 0.2) is 0 Å². The van der Waals surface area contributed by atoms with Gasteiger partial charge in [-0.2, -0.15) is 4.98 Å². The molecule has 0 spiro atoms. The smallest absolute Gasteiger partial charge is 0.241 e. The molecule has 2 atom stereocenters. The Hall–Kier alpha value is -3.02. The number of benzene rings is 2. The molecular weight excluding hydrogens is 326 g/mol. The van der Waals surface area contributed by atoms with Crippen molar-refractivity contribution in [2.75, 3.05) is 18.2 Å². The van der Waals surface area contributed by atoms with Crippen LogP contribution in [0.5, 0.6) is 5.75 Å². The van der Waals surface area contributed by atoms with Gasteiger partial charge in [0, 0.05) is 0 Å². The zero-order chi connectivity index (χ0) is 18.1. The predicted molar refractivity (Wildman–Crippen MR) is 102 cm³/mol. The van der Waals surface area contributed by atoms with Gasteiger partial charge in [0.25, 0.3) is 0 Å². The maximum absolute atomic E-state index is 5.87. The van der Waals surface area contributed by atoms with Crippen molar-refractivity contribution in [3.05, 3.63) is 65.2 Å². The minimum atomic E-state index is 0.0816. The average Bonchev–Trinajstić information content (AvgIpc) is 3.07. The van der Waals surface area contributed by atoms with E-state index >= 15 is 0 Å². The molecule has 3 aromatic rings. The summed E-state index contributed by atoms with van der Waals surface area (Å²) in [6.45, 7) is 2.16. The van der Waals surface area contributed by atoms with Crippen LogP contribution in [-0.4, -0.2) is 21.9 Å². The fourth-order valence-electron chi connectivity index (χ4n) is 3.52. The van der Waals surface area contributed by atoms with Crippen LogP contribution in [0, 0.1) is 0 Å². The highest BCUT2D eigenvalue weighted by molar-refractivity contribution is 5.43. The average molecular weight is 349 g/mol. The number of nitrogens with two attached hydrogens (primary N) is 1. The molecule has 1 aliphatic rings. The molecule has 2 aromatic carbocycles. The van der Waals surface area contributed by atoms with Crippen LogP contribution in [0.3, 0.4) is 0 Å².